The van der Waals surface area contributed by atoms with Gasteiger partial charge >= 0.3 is 0 Å². The predicted molar refractivity (Wildman–Crippen MR) is 138 cm³/mol. The number of aryl methyl sites for hydroxylation is 1. The van der Waals surface area contributed by atoms with E-state index in [0.717, 1.165) is 11.1 Å². The maximum Gasteiger partial charge on any atom is 0.112 e. The Labute approximate surface area is 187 Å². The number of allylic oxidation sites excluding steroid dienone is 6. The predicted octanol–water partition coefficient (Wildman–Crippen LogP) is 8.71. The molecule has 0 saturated carbocycles. The highest BCUT2D eigenvalue weighted by Gasteiger charge is 1.92. The lowest BCUT2D eigenvalue weighted by Gasteiger charge is -2.00. The summed E-state index contributed by atoms with van der Waals surface area (Å²) >= 11 is 0. The van der Waals surface area contributed by atoms with Crippen molar-refractivity contribution >= 4 is 6.08 Å². The second kappa shape index (κ2) is 24.7. The monoisotopic (exact) mass is 414 g/mol. The zero-order valence-corrected chi connectivity index (χ0v) is 21.2. The first-order valence-corrected chi connectivity index (χ1v) is 10.8. The van der Waals surface area contributed by atoms with E-state index in [4.69, 9.17) is 9.47 Å². The molecule has 1 aromatic rings. The first kappa shape index (κ1) is 32.3. The van der Waals surface area contributed by atoms with Crippen molar-refractivity contribution in [2.75, 3.05) is 20.8 Å². The van der Waals surface area contributed by atoms with Crippen LogP contribution in [0.25, 0.3) is 6.08 Å². The lowest BCUT2D eigenvalue weighted by molar-refractivity contribution is 0.234. The maximum atomic E-state index is 5.08. The number of methoxy groups -OCH3 is 2. The topological polar surface area (TPSA) is 18.5 Å². The van der Waals surface area contributed by atoms with Gasteiger partial charge < -0.3 is 9.47 Å². The summed E-state index contributed by atoms with van der Waals surface area (Å²) in [6, 6.07) is 8.37. The molecule has 0 radical (unpaired) electrons. The molecule has 0 atom stereocenters. The van der Waals surface area contributed by atoms with Crippen LogP contribution in [-0.4, -0.2) is 20.8 Å². The van der Waals surface area contributed by atoms with E-state index in [1.54, 1.807) is 14.2 Å². The Morgan fingerprint density at radius 3 is 1.90 bits per heavy atom. The zero-order valence-electron chi connectivity index (χ0n) is 21.2. The summed E-state index contributed by atoms with van der Waals surface area (Å²) in [5.74, 6) is 0.621. The summed E-state index contributed by atoms with van der Waals surface area (Å²) in [7, 11) is 3.28. The lowest BCUT2D eigenvalue weighted by Crippen LogP contribution is -1.84. The summed E-state index contributed by atoms with van der Waals surface area (Å²) in [6.45, 7) is 20.9. The van der Waals surface area contributed by atoms with Crippen molar-refractivity contribution in [1.82, 2.24) is 0 Å². The minimum absolute atomic E-state index is 0.579. The van der Waals surface area contributed by atoms with Gasteiger partial charge in [-0.2, -0.15) is 0 Å². The molecule has 2 heteroatoms. The molecule has 0 heterocycles. The molecule has 0 unspecified atom stereocenters. The summed E-state index contributed by atoms with van der Waals surface area (Å²) in [4.78, 5) is 0. The lowest BCUT2D eigenvalue weighted by atomic mass is 10.1. The van der Waals surface area contributed by atoms with E-state index >= 15 is 0 Å². The van der Waals surface area contributed by atoms with E-state index in [9.17, 15) is 0 Å². The van der Waals surface area contributed by atoms with Crippen molar-refractivity contribution in [3.63, 3.8) is 0 Å². The third kappa shape index (κ3) is 23.7. The Bertz CT molecular complexity index is 625. The number of hydrogen-bond acceptors (Lipinski definition) is 2. The van der Waals surface area contributed by atoms with Gasteiger partial charge in [0, 0.05) is 7.11 Å². The van der Waals surface area contributed by atoms with Crippen molar-refractivity contribution < 1.29 is 9.47 Å². The van der Waals surface area contributed by atoms with Crippen LogP contribution in [0.4, 0.5) is 0 Å². The van der Waals surface area contributed by atoms with E-state index in [2.05, 4.69) is 77.6 Å². The number of rotatable bonds is 7. The molecule has 0 spiro atoms. The minimum atomic E-state index is 0.579. The SMILES string of the molecule is C=C(/C=C(\C=C/COC)/C=C/c1ccc(C)cc1)OC.CC.CC=C(C)C.CCC. The van der Waals surface area contributed by atoms with E-state index in [-0.39, 0.29) is 0 Å². The van der Waals surface area contributed by atoms with Gasteiger partial charge in [0.1, 0.15) is 5.76 Å². The van der Waals surface area contributed by atoms with Crippen LogP contribution < -0.4 is 0 Å². The third-order valence-electron chi connectivity index (χ3n) is 3.29. The van der Waals surface area contributed by atoms with Crippen LogP contribution in [0.3, 0.4) is 0 Å². The van der Waals surface area contributed by atoms with E-state index in [1.807, 2.05) is 45.1 Å². The van der Waals surface area contributed by atoms with Gasteiger partial charge in [-0.3, -0.25) is 0 Å². The average molecular weight is 415 g/mol. The Kier molecular flexibility index (Phi) is 26.7. The highest BCUT2D eigenvalue weighted by atomic mass is 16.5. The summed E-state index contributed by atoms with van der Waals surface area (Å²) in [6.07, 6.45) is 13.2. The first-order chi connectivity index (χ1) is 14.3. The van der Waals surface area contributed by atoms with Gasteiger partial charge in [0.15, 0.2) is 0 Å². The fraction of sp³-hybridized carbons (Fsp3) is 0.429. The molecule has 0 fully saturated rings. The Hall–Kier alpha value is -2.32. The largest absolute Gasteiger partial charge is 0.497 e. The fourth-order valence-corrected chi connectivity index (χ4v) is 1.55. The van der Waals surface area contributed by atoms with E-state index in [1.165, 1.54) is 17.6 Å². The Balaban J connectivity index is -0.000000613. The van der Waals surface area contributed by atoms with Gasteiger partial charge in [-0.25, -0.2) is 0 Å². The van der Waals surface area contributed by atoms with Crippen LogP contribution in [0, 0.1) is 6.92 Å². The molecule has 0 aliphatic rings. The van der Waals surface area contributed by atoms with Crippen molar-refractivity contribution in [2.45, 2.75) is 61.8 Å². The minimum Gasteiger partial charge on any atom is -0.497 e. The molecule has 30 heavy (non-hydrogen) atoms. The zero-order chi connectivity index (χ0) is 23.8. The number of ether oxygens (including phenoxy) is 2. The second-order valence-corrected chi connectivity index (χ2v) is 6.49. The molecule has 0 saturated heterocycles. The molecule has 0 aromatic heterocycles. The molecule has 170 valence electrons. The molecule has 0 amide bonds. The summed E-state index contributed by atoms with van der Waals surface area (Å²) in [5.41, 5.74) is 4.80. The van der Waals surface area contributed by atoms with Gasteiger partial charge in [-0.15, -0.1) is 0 Å². The van der Waals surface area contributed by atoms with Crippen LogP contribution in [0.1, 0.15) is 66.0 Å². The summed E-state index contributed by atoms with van der Waals surface area (Å²) in [5, 5.41) is 0. The first-order valence-electron chi connectivity index (χ1n) is 10.8. The Morgan fingerprint density at radius 1 is 1.00 bits per heavy atom. The molecule has 1 aromatic carbocycles. The van der Waals surface area contributed by atoms with Gasteiger partial charge in [-0.05, 0) is 44.9 Å². The third-order valence-corrected chi connectivity index (χ3v) is 3.29. The van der Waals surface area contributed by atoms with Crippen LogP contribution in [-0.2, 0) is 9.47 Å². The number of benzene rings is 1. The highest BCUT2D eigenvalue weighted by Crippen LogP contribution is 2.10. The van der Waals surface area contributed by atoms with Crippen molar-refractivity contribution in [2.24, 2.45) is 0 Å². The Morgan fingerprint density at radius 2 is 1.50 bits per heavy atom. The van der Waals surface area contributed by atoms with Crippen LogP contribution in [0.2, 0.25) is 0 Å². The van der Waals surface area contributed by atoms with E-state index in [0.29, 0.717) is 12.4 Å². The van der Waals surface area contributed by atoms with E-state index < -0.39 is 0 Å². The van der Waals surface area contributed by atoms with Gasteiger partial charge in [0.05, 0.1) is 13.7 Å². The van der Waals surface area contributed by atoms with Gasteiger partial charge in [0.2, 0.25) is 0 Å². The highest BCUT2D eigenvalue weighted by molar-refractivity contribution is 5.55. The molecular weight excluding hydrogens is 368 g/mol. The molecule has 0 N–H and O–H groups in total. The normalized spacial score (nSPS) is 10.1. The van der Waals surface area contributed by atoms with Crippen LogP contribution >= 0.6 is 0 Å². The fourth-order valence-electron chi connectivity index (χ4n) is 1.55. The molecule has 2 nitrogen and oxygen atoms in total. The standard InChI is InChI=1S/C18H22O2.C5H10.C3H8.C2H6/c1-15-7-9-17(10-8-15)11-12-18(6-5-13-19-3)14-16(2)20-4;1-4-5(2)3;1-3-2;1-2/h5-12,14H,2,13H2,1,3-4H3;4H,1-3H3;3H2,1-2H3;1-2H3/b6-5-,12-11+,18-14+;;;. The summed E-state index contributed by atoms with van der Waals surface area (Å²) < 4.78 is 10.1. The van der Waals surface area contributed by atoms with Gasteiger partial charge in [0.25, 0.3) is 0 Å². The second-order valence-electron chi connectivity index (χ2n) is 6.49. The molecule has 1 rings (SSSR count). The molecule has 0 bridgehead atoms. The molecule has 0 aliphatic heterocycles. The van der Waals surface area contributed by atoms with Gasteiger partial charge in [-0.1, -0.05) is 106 Å². The smallest absolute Gasteiger partial charge is 0.112 e. The maximum absolute atomic E-state index is 5.08. The average Bonchev–Trinajstić information content (AvgIpc) is 2.75. The van der Waals surface area contributed by atoms with Crippen molar-refractivity contribution in [3.8, 4) is 0 Å². The van der Waals surface area contributed by atoms with Crippen LogP contribution in [0.15, 0.2) is 78.1 Å². The molecular formula is C28H46O2. The van der Waals surface area contributed by atoms with Crippen molar-refractivity contribution in [3.05, 3.63) is 89.3 Å². The van der Waals surface area contributed by atoms with Crippen molar-refractivity contribution in [1.29, 1.82) is 0 Å². The quantitative estimate of drug-likeness (QED) is 0.252. The molecule has 0 aliphatic carbocycles. The van der Waals surface area contributed by atoms with Crippen LogP contribution in [0.5, 0.6) is 0 Å². The number of hydrogen-bond donors (Lipinski definition) is 0.